The zero-order valence-corrected chi connectivity index (χ0v) is 7.55. The average Bonchev–Trinajstić information content (AvgIpc) is 2.28. The van der Waals surface area contributed by atoms with Crippen molar-refractivity contribution in [2.24, 2.45) is 5.92 Å². The molecule has 0 aliphatic carbocycles. The minimum atomic E-state index is 0.972. The molecule has 0 aromatic rings. The molecule has 11 heavy (non-hydrogen) atoms. The molecule has 1 heteroatoms. The topological polar surface area (TPSA) is 3.24 Å². The molecule has 1 aliphatic rings. The first-order valence-corrected chi connectivity index (χ1v) is 4.73. The molecular formula is C10H19N. The Labute approximate surface area is 70.1 Å². The molecule has 0 radical (unpaired) electrons. The molecule has 1 atom stereocenters. The minimum absolute atomic E-state index is 0.972. The number of likely N-dealkylation sites (tertiary alicyclic amines) is 1. The molecular weight excluding hydrogens is 134 g/mol. The predicted molar refractivity (Wildman–Crippen MR) is 49.4 cm³/mol. The highest BCUT2D eigenvalue weighted by atomic mass is 15.1. The van der Waals surface area contributed by atoms with Crippen molar-refractivity contribution in [3.8, 4) is 0 Å². The van der Waals surface area contributed by atoms with Crippen molar-refractivity contribution in [3.05, 3.63) is 12.8 Å². The fourth-order valence-electron chi connectivity index (χ4n) is 1.78. The van der Waals surface area contributed by atoms with Crippen LogP contribution in [-0.4, -0.2) is 18.0 Å². The molecule has 0 bridgehead atoms. The second-order valence-corrected chi connectivity index (χ2v) is 3.42. The van der Waals surface area contributed by atoms with Crippen LogP contribution in [0.4, 0.5) is 0 Å². The van der Waals surface area contributed by atoms with Gasteiger partial charge in [-0.1, -0.05) is 19.9 Å². The molecule has 0 aromatic heterocycles. The summed E-state index contributed by atoms with van der Waals surface area (Å²) in [6.07, 6.45) is 7.47. The van der Waals surface area contributed by atoms with E-state index in [9.17, 15) is 0 Å². The summed E-state index contributed by atoms with van der Waals surface area (Å²) in [7, 11) is 0. The van der Waals surface area contributed by atoms with Gasteiger partial charge in [-0.2, -0.15) is 0 Å². The highest BCUT2D eigenvalue weighted by Gasteiger charge is 2.12. The van der Waals surface area contributed by atoms with E-state index < -0.39 is 0 Å². The van der Waals surface area contributed by atoms with Crippen LogP contribution in [0.3, 0.4) is 0 Å². The van der Waals surface area contributed by atoms with Gasteiger partial charge in [-0.05, 0) is 31.4 Å². The maximum atomic E-state index is 3.80. The van der Waals surface area contributed by atoms with E-state index >= 15 is 0 Å². The first-order chi connectivity index (χ1) is 5.36. The smallest absolute Gasteiger partial charge is 0.0174 e. The highest BCUT2D eigenvalue weighted by molar-refractivity contribution is 4.75. The summed E-state index contributed by atoms with van der Waals surface area (Å²) in [6, 6.07) is 0. The quantitative estimate of drug-likeness (QED) is 0.589. The van der Waals surface area contributed by atoms with Crippen molar-refractivity contribution in [2.75, 3.05) is 13.1 Å². The van der Waals surface area contributed by atoms with Gasteiger partial charge in [-0.15, -0.1) is 0 Å². The molecule has 0 amide bonds. The maximum Gasteiger partial charge on any atom is 0.0174 e. The second-order valence-electron chi connectivity index (χ2n) is 3.42. The van der Waals surface area contributed by atoms with Crippen molar-refractivity contribution in [2.45, 2.75) is 32.6 Å². The normalized spacial score (nSPS) is 26.3. The van der Waals surface area contributed by atoms with Crippen LogP contribution in [0.25, 0.3) is 0 Å². The molecule has 64 valence electrons. The summed E-state index contributed by atoms with van der Waals surface area (Å²) in [5.74, 6) is 0.972. The van der Waals surface area contributed by atoms with Crippen molar-refractivity contribution < 1.29 is 0 Å². The number of nitrogens with zero attached hydrogens (tertiary/aromatic N) is 1. The maximum absolute atomic E-state index is 3.80. The summed E-state index contributed by atoms with van der Waals surface area (Å²) in [5.41, 5.74) is 0. The van der Waals surface area contributed by atoms with Crippen LogP contribution < -0.4 is 0 Å². The van der Waals surface area contributed by atoms with Gasteiger partial charge in [0.05, 0.1) is 0 Å². The Morgan fingerprint density at radius 1 is 1.45 bits per heavy atom. The van der Waals surface area contributed by atoms with E-state index in [0.29, 0.717) is 0 Å². The number of rotatable bonds is 2. The SMILES string of the molecule is C=CN1CCCC(CC)CC1. The third-order valence-electron chi connectivity index (χ3n) is 2.72. The van der Waals surface area contributed by atoms with Crippen molar-refractivity contribution in [1.82, 2.24) is 4.90 Å². The van der Waals surface area contributed by atoms with Crippen LogP contribution in [-0.2, 0) is 0 Å². The van der Waals surface area contributed by atoms with Gasteiger partial charge in [0.1, 0.15) is 0 Å². The molecule has 1 rings (SSSR count). The van der Waals surface area contributed by atoms with Gasteiger partial charge in [0.25, 0.3) is 0 Å². The first kappa shape index (κ1) is 8.63. The summed E-state index contributed by atoms with van der Waals surface area (Å²) in [5, 5.41) is 0. The van der Waals surface area contributed by atoms with Crippen molar-refractivity contribution in [1.29, 1.82) is 0 Å². The summed E-state index contributed by atoms with van der Waals surface area (Å²) >= 11 is 0. The van der Waals surface area contributed by atoms with E-state index in [1.165, 1.54) is 38.8 Å². The average molecular weight is 153 g/mol. The molecule has 1 saturated heterocycles. The van der Waals surface area contributed by atoms with Crippen LogP contribution in [0.1, 0.15) is 32.6 Å². The van der Waals surface area contributed by atoms with Gasteiger partial charge in [0, 0.05) is 13.1 Å². The highest BCUT2D eigenvalue weighted by Crippen LogP contribution is 2.19. The van der Waals surface area contributed by atoms with E-state index in [1.54, 1.807) is 0 Å². The van der Waals surface area contributed by atoms with E-state index in [4.69, 9.17) is 0 Å². The van der Waals surface area contributed by atoms with E-state index in [-0.39, 0.29) is 0 Å². The molecule has 0 N–H and O–H groups in total. The standard InChI is InChI=1S/C10H19N/c1-3-10-6-5-8-11(4-2)9-7-10/h4,10H,2-3,5-9H2,1H3. The van der Waals surface area contributed by atoms with Crippen LogP contribution in [0.5, 0.6) is 0 Å². The summed E-state index contributed by atoms with van der Waals surface area (Å²) in [4.78, 5) is 2.34. The van der Waals surface area contributed by atoms with Crippen molar-refractivity contribution >= 4 is 0 Å². The van der Waals surface area contributed by atoms with Crippen LogP contribution in [0, 0.1) is 5.92 Å². The molecule has 1 unspecified atom stereocenters. The largest absolute Gasteiger partial charge is 0.378 e. The number of hydrogen-bond donors (Lipinski definition) is 0. The monoisotopic (exact) mass is 153 g/mol. The van der Waals surface area contributed by atoms with E-state index in [0.717, 1.165) is 5.92 Å². The fraction of sp³-hybridized carbons (Fsp3) is 0.800. The molecule has 1 aliphatic heterocycles. The Morgan fingerprint density at radius 3 is 2.91 bits per heavy atom. The summed E-state index contributed by atoms with van der Waals surface area (Å²) < 4.78 is 0. The Bertz CT molecular complexity index is 120. The molecule has 1 fully saturated rings. The third-order valence-corrected chi connectivity index (χ3v) is 2.72. The molecule has 1 heterocycles. The Morgan fingerprint density at radius 2 is 2.27 bits per heavy atom. The molecule has 0 aromatic carbocycles. The lowest BCUT2D eigenvalue weighted by Gasteiger charge is -2.16. The van der Waals surface area contributed by atoms with Gasteiger partial charge in [-0.25, -0.2) is 0 Å². The van der Waals surface area contributed by atoms with E-state index in [2.05, 4.69) is 18.4 Å². The van der Waals surface area contributed by atoms with E-state index in [1.807, 2.05) is 6.20 Å². The Hall–Kier alpha value is -0.460. The van der Waals surface area contributed by atoms with Gasteiger partial charge >= 0.3 is 0 Å². The van der Waals surface area contributed by atoms with Gasteiger partial charge in [-0.3, -0.25) is 0 Å². The summed E-state index contributed by atoms with van der Waals surface area (Å²) in [6.45, 7) is 8.55. The lowest BCUT2D eigenvalue weighted by molar-refractivity contribution is 0.379. The number of hydrogen-bond acceptors (Lipinski definition) is 1. The third kappa shape index (κ3) is 2.57. The predicted octanol–water partition coefficient (Wildman–Crippen LogP) is 2.64. The van der Waals surface area contributed by atoms with Crippen LogP contribution >= 0.6 is 0 Å². The van der Waals surface area contributed by atoms with Crippen LogP contribution in [0.15, 0.2) is 12.8 Å². The zero-order valence-electron chi connectivity index (χ0n) is 7.55. The molecule has 0 saturated carbocycles. The first-order valence-electron chi connectivity index (χ1n) is 4.73. The molecule has 0 spiro atoms. The van der Waals surface area contributed by atoms with Crippen molar-refractivity contribution in [3.63, 3.8) is 0 Å². The zero-order chi connectivity index (χ0) is 8.10. The van der Waals surface area contributed by atoms with Gasteiger partial charge in [0.2, 0.25) is 0 Å². The van der Waals surface area contributed by atoms with Gasteiger partial charge in [0.15, 0.2) is 0 Å². The lowest BCUT2D eigenvalue weighted by Crippen LogP contribution is -2.17. The minimum Gasteiger partial charge on any atom is -0.378 e. The Balaban J connectivity index is 2.32. The fourth-order valence-corrected chi connectivity index (χ4v) is 1.78. The Kier molecular flexibility index (Phi) is 3.47. The van der Waals surface area contributed by atoms with Crippen LogP contribution in [0.2, 0.25) is 0 Å². The lowest BCUT2D eigenvalue weighted by atomic mass is 9.98. The van der Waals surface area contributed by atoms with Gasteiger partial charge < -0.3 is 4.90 Å². The second kappa shape index (κ2) is 4.42. The molecule has 1 nitrogen and oxygen atoms in total.